The zero-order valence-corrected chi connectivity index (χ0v) is 15.0. The molecule has 6 nitrogen and oxygen atoms in total. The van der Waals surface area contributed by atoms with Gasteiger partial charge in [-0.25, -0.2) is 13.1 Å². The third-order valence-electron chi connectivity index (χ3n) is 4.79. The van der Waals surface area contributed by atoms with E-state index in [4.69, 9.17) is 5.26 Å². The number of rotatable bonds is 6. The van der Waals surface area contributed by atoms with Crippen molar-refractivity contribution in [2.45, 2.75) is 49.5 Å². The van der Waals surface area contributed by atoms with Crippen LogP contribution in [0, 0.1) is 17.2 Å². The van der Waals surface area contributed by atoms with Crippen LogP contribution in [-0.4, -0.2) is 38.4 Å². The van der Waals surface area contributed by atoms with E-state index in [1.165, 1.54) is 0 Å². The number of aryl methyl sites for hydroxylation is 1. The SMILES string of the molecule is N#CC1CCN(C(=O)CCc2ccc(S(=O)(=O)NC3CC3)cc2)CC1. The van der Waals surface area contributed by atoms with E-state index in [0.717, 1.165) is 31.2 Å². The topological polar surface area (TPSA) is 90.3 Å². The Balaban J connectivity index is 1.50. The van der Waals surface area contributed by atoms with Crippen molar-refractivity contribution in [3.63, 3.8) is 0 Å². The number of nitrogens with one attached hydrogen (secondary N) is 1. The van der Waals surface area contributed by atoms with Gasteiger partial charge in [0.1, 0.15) is 0 Å². The van der Waals surface area contributed by atoms with Crippen LogP contribution in [-0.2, 0) is 21.2 Å². The van der Waals surface area contributed by atoms with Gasteiger partial charge in [0.2, 0.25) is 15.9 Å². The molecule has 1 saturated carbocycles. The van der Waals surface area contributed by atoms with E-state index in [1.807, 2.05) is 4.90 Å². The van der Waals surface area contributed by atoms with Crippen LogP contribution >= 0.6 is 0 Å². The van der Waals surface area contributed by atoms with Gasteiger partial charge in [-0.2, -0.15) is 5.26 Å². The summed E-state index contributed by atoms with van der Waals surface area (Å²) in [6.45, 7) is 1.31. The molecule has 1 N–H and O–H groups in total. The Labute approximate surface area is 148 Å². The number of nitriles is 1. The lowest BCUT2D eigenvalue weighted by molar-refractivity contribution is -0.132. The maximum Gasteiger partial charge on any atom is 0.240 e. The number of likely N-dealkylation sites (tertiary alicyclic amines) is 1. The molecule has 0 radical (unpaired) electrons. The van der Waals surface area contributed by atoms with Crippen molar-refractivity contribution in [1.82, 2.24) is 9.62 Å². The van der Waals surface area contributed by atoms with Crippen LogP contribution < -0.4 is 4.72 Å². The molecule has 7 heteroatoms. The van der Waals surface area contributed by atoms with Crippen molar-refractivity contribution in [3.05, 3.63) is 29.8 Å². The Hall–Kier alpha value is -1.91. The molecule has 1 amide bonds. The number of hydrogen-bond acceptors (Lipinski definition) is 4. The van der Waals surface area contributed by atoms with Gasteiger partial charge in [-0.05, 0) is 49.8 Å². The molecule has 1 aliphatic heterocycles. The molecule has 0 aromatic heterocycles. The van der Waals surface area contributed by atoms with Crippen molar-refractivity contribution >= 4 is 15.9 Å². The van der Waals surface area contributed by atoms with Gasteiger partial charge in [0, 0.05) is 31.5 Å². The lowest BCUT2D eigenvalue weighted by atomic mass is 9.98. The number of sulfonamides is 1. The fourth-order valence-electron chi connectivity index (χ4n) is 2.99. The first-order valence-corrected chi connectivity index (χ1v) is 10.2. The third kappa shape index (κ3) is 4.80. The predicted molar refractivity (Wildman–Crippen MR) is 93.0 cm³/mol. The smallest absolute Gasteiger partial charge is 0.240 e. The predicted octanol–water partition coefficient (Wildman–Crippen LogP) is 1.82. The summed E-state index contributed by atoms with van der Waals surface area (Å²) < 4.78 is 26.9. The number of benzene rings is 1. The van der Waals surface area contributed by atoms with Gasteiger partial charge < -0.3 is 4.90 Å². The van der Waals surface area contributed by atoms with Crippen LogP contribution in [0.5, 0.6) is 0 Å². The first-order chi connectivity index (χ1) is 12.0. The molecule has 2 aliphatic rings. The fourth-order valence-corrected chi connectivity index (χ4v) is 4.30. The van der Waals surface area contributed by atoms with Crippen molar-refractivity contribution in [3.8, 4) is 6.07 Å². The quantitative estimate of drug-likeness (QED) is 0.837. The van der Waals surface area contributed by atoms with Gasteiger partial charge >= 0.3 is 0 Å². The molecular weight excluding hydrogens is 338 g/mol. The zero-order chi connectivity index (χ0) is 17.9. The largest absolute Gasteiger partial charge is 0.343 e. The van der Waals surface area contributed by atoms with Crippen LogP contribution in [0.4, 0.5) is 0 Å². The number of nitrogens with zero attached hydrogens (tertiary/aromatic N) is 2. The molecule has 1 aromatic carbocycles. The van der Waals surface area contributed by atoms with E-state index in [2.05, 4.69) is 10.8 Å². The summed E-state index contributed by atoms with van der Waals surface area (Å²) in [5, 5.41) is 8.90. The van der Waals surface area contributed by atoms with Gasteiger partial charge in [-0.1, -0.05) is 12.1 Å². The van der Waals surface area contributed by atoms with Crippen LogP contribution in [0.3, 0.4) is 0 Å². The maximum absolute atomic E-state index is 12.3. The van der Waals surface area contributed by atoms with Gasteiger partial charge in [0.25, 0.3) is 0 Å². The lowest BCUT2D eigenvalue weighted by Crippen LogP contribution is -2.38. The first-order valence-electron chi connectivity index (χ1n) is 8.76. The third-order valence-corrected chi connectivity index (χ3v) is 6.33. The minimum Gasteiger partial charge on any atom is -0.343 e. The van der Waals surface area contributed by atoms with E-state index in [-0.39, 0.29) is 22.8 Å². The summed E-state index contributed by atoms with van der Waals surface area (Å²) in [6, 6.07) is 9.10. The van der Waals surface area contributed by atoms with E-state index >= 15 is 0 Å². The van der Waals surface area contributed by atoms with Crippen molar-refractivity contribution in [1.29, 1.82) is 5.26 Å². The van der Waals surface area contributed by atoms with E-state index in [1.54, 1.807) is 24.3 Å². The highest BCUT2D eigenvalue weighted by molar-refractivity contribution is 7.89. The monoisotopic (exact) mass is 361 g/mol. The minimum atomic E-state index is -3.42. The van der Waals surface area contributed by atoms with Gasteiger partial charge in [-0.15, -0.1) is 0 Å². The summed E-state index contributed by atoms with van der Waals surface area (Å²) in [5.74, 6) is 0.172. The molecule has 1 aromatic rings. The highest BCUT2D eigenvalue weighted by Gasteiger charge is 2.28. The van der Waals surface area contributed by atoms with Crippen LogP contribution in [0.15, 0.2) is 29.2 Å². The summed E-state index contributed by atoms with van der Waals surface area (Å²) in [6.07, 6.45) is 4.32. The molecule has 0 spiro atoms. The molecule has 0 unspecified atom stereocenters. The number of amides is 1. The van der Waals surface area contributed by atoms with E-state index in [9.17, 15) is 13.2 Å². The molecule has 0 atom stereocenters. The Morgan fingerprint density at radius 3 is 2.36 bits per heavy atom. The van der Waals surface area contributed by atoms with Gasteiger partial charge in [-0.3, -0.25) is 4.79 Å². The summed E-state index contributed by atoms with van der Waals surface area (Å²) >= 11 is 0. The lowest BCUT2D eigenvalue weighted by Gasteiger charge is -2.29. The van der Waals surface area contributed by atoms with Crippen LogP contribution in [0.1, 0.15) is 37.7 Å². The molecule has 1 heterocycles. The van der Waals surface area contributed by atoms with Crippen molar-refractivity contribution < 1.29 is 13.2 Å². The Kier molecular flexibility index (Phi) is 5.40. The molecule has 0 bridgehead atoms. The Morgan fingerprint density at radius 2 is 1.80 bits per heavy atom. The van der Waals surface area contributed by atoms with Crippen molar-refractivity contribution in [2.75, 3.05) is 13.1 Å². The fraction of sp³-hybridized carbons (Fsp3) is 0.556. The average molecular weight is 361 g/mol. The van der Waals surface area contributed by atoms with E-state index in [0.29, 0.717) is 25.9 Å². The van der Waals surface area contributed by atoms with Gasteiger partial charge in [0.05, 0.1) is 11.0 Å². The number of piperidine rings is 1. The van der Waals surface area contributed by atoms with Gasteiger partial charge in [0.15, 0.2) is 0 Å². The second kappa shape index (κ2) is 7.54. The Morgan fingerprint density at radius 1 is 1.16 bits per heavy atom. The average Bonchev–Trinajstić information content (AvgIpc) is 3.43. The van der Waals surface area contributed by atoms with E-state index < -0.39 is 10.0 Å². The highest BCUT2D eigenvalue weighted by Crippen LogP contribution is 2.22. The normalized spacial score (nSPS) is 18.8. The number of carbonyl (C=O) groups excluding carboxylic acids is 1. The molecular formula is C18H23N3O3S. The molecule has 1 saturated heterocycles. The molecule has 25 heavy (non-hydrogen) atoms. The number of carbonyl (C=O) groups is 1. The highest BCUT2D eigenvalue weighted by atomic mass is 32.2. The minimum absolute atomic E-state index is 0.0720. The molecule has 2 fully saturated rings. The van der Waals surface area contributed by atoms with Crippen LogP contribution in [0.2, 0.25) is 0 Å². The summed E-state index contributed by atoms with van der Waals surface area (Å²) in [5.41, 5.74) is 0.950. The zero-order valence-electron chi connectivity index (χ0n) is 14.1. The molecule has 3 rings (SSSR count). The maximum atomic E-state index is 12.3. The second-order valence-corrected chi connectivity index (χ2v) is 8.54. The molecule has 1 aliphatic carbocycles. The Bertz CT molecular complexity index is 756. The summed E-state index contributed by atoms with van der Waals surface area (Å²) in [7, 11) is -3.42. The molecule has 134 valence electrons. The van der Waals surface area contributed by atoms with Crippen LogP contribution in [0.25, 0.3) is 0 Å². The second-order valence-electron chi connectivity index (χ2n) is 6.82. The first kappa shape index (κ1) is 17.9. The van der Waals surface area contributed by atoms with Crippen molar-refractivity contribution in [2.24, 2.45) is 5.92 Å². The summed E-state index contributed by atoms with van der Waals surface area (Å²) in [4.78, 5) is 14.4. The standard InChI is InChI=1S/C18H23N3O3S/c19-13-15-9-11-21(12-10-15)18(22)8-3-14-1-6-17(7-2-14)25(23,24)20-16-4-5-16/h1-2,6-7,15-16,20H,3-5,8-12H2. The number of hydrogen-bond donors (Lipinski definition) is 1.